The predicted octanol–water partition coefficient (Wildman–Crippen LogP) is 11.3. The standard InChI is InChI=1S/C43H30N2/c44-36-15-9-14-35(26-36)42-28-40(34-24-20-32(21-25-34)30-12-5-2-6-13-30)41-27-39(37-16-7-8-17-38(37)43(41)45-42)33-22-18-31(19-23-33)29-10-3-1-4-11-29/h1-28H,44H2. The van der Waals surface area contributed by atoms with Crippen LogP contribution in [-0.4, -0.2) is 4.98 Å². The lowest BCUT2D eigenvalue weighted by atomic mass is 9.90. The number of nitrogens with zero attached hydrogens (tertiary/aromatic N) is 1. The summed E-state index contributed by atoms with van der Waals surface area (Å²) in [6.45, 7) is 0. The maximum Gasteiger partial charge on any atom is 0.0794 e. The number of hydrogen-bond donors (Lipinski definition) is 1. The summed E-state index contributed by atoms with van der Waals surface area (Å²) in [5.74, 6) is 0. The molecule has 45 heavy (non-hydrogen) atoms. The van der Waals surface area contributed by atoms with Gasteiger partial charge in [-0.05, 0) is 74.2 Å². The van der Waals surface area contributed by atoms with Crippen molar-refractivity contribution in [3.63, 3.8) is 0 Å². The van der Waals surface area contributed by atoms with Crippen LogP contribution in [0.1, 0.15) is 0 Å². The van der Waals surface area contributed by atoms with Gasteiger partial charge in [0.05, 0.1) is 11.2 Å². The van der Waals surface area contributed by atoms with Gasteiger partial charge in [0.2, 0.25) is 0 Å². The van der Waals surface area contributed by atoms with Gasteiger partial charge in [-0.3, -0.25) is 0 Å². The predicted molar refractivity (Wildman–Crippen MR) is 191 cm³/mol. The molecule has 212 valence electrons. The van der Waals surface area contributed by atoms with Gasteiger partial charge in [-0.1, -0.05) is 146 Å². The molecule has 0 bridgehead atoms. The Morgan fingerprint density at radius 2 is 0.800 bits per heavy atom. The van der Waals surface area contributed by atoms with E-state index >= 15 is 0 Å². The van der Waals surface area contributed by atoms with Gasteiger partial charge >= 0.3 is 0 Å². The van der Waals surface area contributed by atoms with Crippen LogP contribution in [0.25, 0.3) is 77.4 Å². The van der Waals surface area contributed by atoms with E-state index in [1.807, 2.05) is 18.2 Å². The lowest BCUT2D eigenvalue weighted by Crippen LogP contribution is -1.94. The fraction of sp³-hybridized carbons (Fsp3) is 0. The summed E-state index contributed by atoms with van der Waals surface area (Å²) in [5.41, 5.74) is 19.3. The Bertz CT molecular complexity index is 2290. The van der Waals surface area contributed by atoms with E-state index in [9.17, 15) is 0 Å². The zero-order valence-electron chi connectivity index (χ0n) is 24.7. The van der Waals surface area contributed by atoms with E-state index in [4.69, 9.17) is 10.7 Å². The van der Waals surface area contributed by atoms with Crippen molar-refractivity contribution in [3.8, 4) is 55.8 Å². The molecule has 0 aliphatic carbocycles. The van der Waals surface area contributed by atoms with Crippen molar-refractivity contribution >= 4 is 27.4 Å². The quantitative estimate of drug-likeness (QED) is 0.164. The highest BCUT2D eigenvalue weighted by atomic mass is 14.7. The van der Waals surface area contributed by atoms with Gasteiger partial charge in [0.15, 0.2) is 0 Å². The van der Waals surface area contributed by atoms with Crippen LogP contribution in [-0.2, 0) is 0 Å². The van der Waals surface area contributed by atoms with Crippen LogP contribution in [0.4, 0.5) is 5.69 Å². The molecule has 0 saturated heterocycles. The van der Waals surface area contributed by atoms with Crippen molar-refractivity contribution in [2.45, 2.75) is 0 Å². The zero-order chi connectivity index (χ0) is 30.2. The minimum Gasteiger partial charge on any atom is -0.399 e. The van der Waals surface area contributed by atoms with Crippen LogP contribution in [0.2, 0.25) is 0 Å². The van der Waals surface area contributed by atoms with Gasteiger partial charge in [-0.25, -0.2) is 4.98 Å². The summed E-state index contributed by atoms with van der Waals surface area (Å²) in [6.07, 6.45) is 0. The van der Waals surface area contributed by atoms with Crippen LogP contribution in [0, 0.1) is 0 Å². The maximum absolute atomic E-state index is 6.22. The Balaban J connectivity index is 1.36. The number of pyridine rings is 1. The van der Waals surface area contributed by atoms with Gasteiger partial charge in [0, 0.05) is 22.0 Å². The molecule has 0 aliphatic heterocycles. The largest absolute Gasteiger partial charge is 0.399 e. The monoisotopic (exact) mass is 574 g/mol. The number of aromatic nitrogens is 1. The second kappa shape index (κ2) is 11.3. The number of nitrogens with two attached hydrogens (primary N) is 1. The van der Waals surface area contributed by atoms with E-state index in [1.54, 1.807) is 0 Å². The lowest BCUT2D eigenvalue weighted by molar-refractivity contribution is 1.41. The highest BCUT2D eigenvalue weighted by molar-refractivity contribution is 6.16. The fourth-order valence-electron chi connectivity index (χ4n) is 6.32. The normalized spacial score (nSPS) is 11.2. The number of anilines is 1. The molecule has 1 aromatic heterocycles. The third-order valence-electron chi connectivity index (χ3n) is 8.61. The molecule has 8 rings (SSSR count). The van der Waals surface area contributed by atoms with Gasteiger partial charge < -0.3 is 5.73 Å². The summed E-state index contributed by atoms with van der Waals surface area (Å²) in [6, 6.07) is 59.9. The van der Waals surface area contributed by atoms with Gasteiger partial charge in [0.25, 0.3) is 0 Å². The average Bonchev–Trinajstić information content (AvgIpc) is 3.12. The molecule has 2 nitrogen and oxygen atoms in total. The summed E-state index contributed by atoms with van der Waals surface area (Å²) in [4.78, 5) is 5.30. The Morgan fingerprint density at radius 1 is 0.333 bits per heavy atom. The van der Waals surface area contributed by atoms with Crippen LogP contribution in [0.15, 0.2) is 170 Å². The first-order valence-electron chi connectivity index (χ1n) is 15.3. The minimum atomic E-state index is 0.724. The molecule has 8 aromatic rings. The Morgan fingerprint density at radius 3 is 1.38 bits per heavy atom. The first kappa shape index (κ1) is 26.6. The molecular formula is C43H30N2. The summed E-state index contributed by atoms with van der Waals surface area (Å²) >= 11 is 0. The average molecular weight is 575 g/mol. The third kappa shape index (κ3) is 5.03. The molecule has 0 aliphatic rings. The summed E-state index contributed by atoms with van der Waals surface area (Å²) < 4.78 is 0. The first-order valence-corrected chi connectivity index (χ1v) is 15.3. The Labute approximate surface area is 263 Å². The van der Waals surface area contributed by atoms with Crippen LogP contribution >= 0.6 is 0 Å². The third-order valence-corrected chi connectivity index (χ3v) is 8.61. The molecule has 2 N–H and O–H groups in total. The summed E-state index contributed by atoms with van der Waals surface area (Å²) in [5, 5.41) is 3.43. The highest BCUT2D eigenvalue weighted by Crippen LogP contribution is 2.41. The van der Waals surface area contributed by atoms with Crippen molar-refractivity contribution < 1.29 is 0 Å². The number of rotatable bonds is 5. The number of nitrogen functional groups attached to an aromatic ring is 1. The molecule has 7 aromatic carbocycles. The second-order valence-electron chi connectivity index (χ2n) is 11.4. The maximum atomic E-state index is 6.22. The number of benzene rings is 7. The topological polar surface area (TPSA) is 38.9 Å². The van der Waals surface area contributed by atoms with Crippen LogP contribution in [0.5, 0.6) is 0 Å². The van der Waals surface area contributed by atoms with Crippen molar-refractivity contribution in [2.24, 2.45) is 0 Å². The number of hydrogen-bond acceptors (Lipinski definition) is 2. The van der Waals surface area contributed by atoms with E-state index in [0.29, 0.717) is 0 Å². The minimum absolute atomic E-state index is 0.724. The van der Waals surface area contributed by atoms with Gasteiger partial charge in [0.1, 0.15) is 0 Å². The molecule has 0 atom stereocenters. The fourth-order valence-corrected chi connectivity index (χ4v) is 6.32. The van der Waals surface area contributed by atoms with Crippen molar-refractivity contribution in [1.29, 1.82) is 0 Å². The number of fused-ring (bicyclic) bond motifs is 3. The summed E-state index contributed by atoms with van der Waals surface area (Å²) in [7, 11) is 0. The molecule has 0 saturated carbocycles. The Hall–Kier alpha value is -5.99. The van der Waals surface area contributed by atoms with Crippen LogP contribution in [0.3, 0.4) is 0 Å². The zero-order valence-corrected chi connectivity index (χ0v) is 24.7. The molecular weight excluding hydrogens is 544 g/mol. The molecule has 2 heteroatoms. The van der Waals surface area contributed by atoms with E-state index < -0.39 is 0 Å². The molecule has 0 fully saturated rings. The van der Waals surface area contributed by atoms with E-state index in [-0.39, 0.29) is 0 Å². The van der Waals surface area contributed by atoms with Gasteiger partial charge in [-0.2, -0.15) is 0 Å². The van der Waals surface area contributed by atoms with E-state index in [0.717, 1.165) is 44.4 Å². The molecule has 0 radical (unpaired) electrons. The second-order valence-corrected chi connectivity index (χ2v) is 11.4. The molecule has 0 amide bonds. The van der Waals surface area contributed by atoms with Gasteiger partial charge in [-0.15, -0.1) is 0 Å². The smallest absolute Gasteiger partial charge is 0.0794 e. The van der Waals surface area contributed by atoms with E-state index in [1.165, 1.54) is 38.8 Å². The molecule has 0 unspecified atom stereocenters. The lowest BCUT2D eigenvalue weighted by Gasteiger charge is -2.16. The SMILES string of the molecule is Nc1cccc(-c2cc(-c3ccc(-c4ccccc4)cc3)c3cc(-c4ccc(-c5ccccc5)cc4)c4ccccc4c3n2)c1. The van der Waals surface area contributed by atoms with Crippen molar-refractivity contribution in [2.75, 3.05) is 5.73 Å². The van der Waals surface area contributed by atoms with Crippen molar-refractivity contribution in [1.82, 2.24) is 4.98 Å². The molecule has 0 spiro atoms. The molecule has 1 heterocycles. The highest BCUT2D eigenvalue weighted by Gasteiger charge is 2.16. The van der Waals surface area contributed by atoms with Crippen molar-refractivity contribution in [3.05, 3.63) is 170 Å². The van der Waals surface area contributed by atoms with Crippen LogP contribution < -0.4 is 5.73 Å². The Kier molecular flexibility index (Phi) is 6.66. The first-order chi connectivity index (χ1) is 22.2. The van der Waals surface area contributed by atoms with E-state index in [2.05, 4.69) is 152 Å².